The highest BCUT2D eigenvalue weighted by Gasteiger charge is 2.34. The zero-order valence-electron chi connectivity index (χ0n) is 19.3. The van der Waals surface area contributed by atoms with Crippen LogP contribution in [0.25, 0.3) is 16.8 Å². The van der Waals surface area contributed by atoms with Gasteiger partial charge in [-0.05, 0) is 85.8 Å². The minimum atomic E-state index is -0.688. The van der Waals surface area contributed by atoms with Crippen LogP contribution in [-0.2, 0) is 9.53 Å². The molecule has 1 aliphatic heterocycles. The van der Waals surface area contributed by atoms with E-state index in [0.717, 1.165) is 21.9 Å². The monoisotopic (exact) mass is 626 g/mol. The average molecular weight is 628 g/mol. The lowest BCUT2D eigenvalue weighted by Crippen LogP contribution is -2.40. The molecule has 1 N–H and O–H groups in total. The minimum absolute atomic E-state index is 0.0827. The summed E-state index contributed by atoms with van der Waals surface area (Å²) in [5, 5.41) is 12.0. The topological polar surface area (TPSA) is 80.9 Å². The molecule has 0 amide bonds. The van der Waals surface area contributed by atoms with Gasteiger partial charge in [0.1, 0.15) is 5.75 Å². The number of esters is 1. The molecule has 0 unspecified atom stereocenters. The molecule has 0 bridgehead atoms. The summed E-state index contributed by atoms with van der Waals surface area (Å²) in [4.78, 5) is 32.1. The fourth-order valence-electron chi connectivity index (χ4n) is 4.39. The van der Waals surface area contributed by atoms with Gasteiger partial charge in [-0.1, -0.05) is 53.8 Å². The van der Waals surface area contributed by atoms with Crippen molar-refractivity contribution in [3.63, 3.8) is 0 Å². The number of phenolic OH excluding ortho intramolecular Hbond substituents is 1. The average Bonchev–Trinajstić information content (AvgIpc) is 3.15. The summed E-state index contributed by atoms with van der Waals surface area (Å²) in [5.74, 6) is -0.406. The first-order valence-corrected chi connectivity index (χ1v) is 13.6. The smallest absolute Gasteiger partial charge is 0.338 e. The van der Waals surface area contributed by atoms with Crippen LogP contribution < -0.4 is 14.9 Å². The molecule has 0 fully saturated rings. The van der Waals surface area contributed by atoms with Crippen molar-refractivity contribution in [2.75, 3.05) is 6.61 Å². The second-order valence-corrected chi connectivity index (χ2v) is 10.9. The van der Waals surface area contributed by atoms with Gasteiger partial charge in [0.15, 0.2) is 4.80 Å². The SMILES string of the molecule is CCOC(=O)C1=C(C)N=c2s/c(=C/c3cc(Br)c(O)c(Br)c3)c(=O)n2[C@@H]1c1cccc2ccccc12. The van der Waals surface area contributed by atoms with E-state index in [1.807, 2.05) is 42.5 Å². The molecular weight excluding hydrogens is 608 g/mol. The van der Waals surface area contributed by atoms with Gasteiger partial charge in [0.2, 0.25) is 0 Å². The van der Waals surface area contributed by atoms with Gasteiger partial charge in [0.25, 0.3) is 5.56 Å². The molecule has 36 heavy (non-hydrogen) atoms. The van der Waals surface area contributed by atoms with Crippen LogP contribution in [0.1, 0.15) is 31.0 Å². The summed E-state index contributed by atoms with van der Waals surface area (Å²) in [6, 6.07) is 16.5. The van der Waals surface area contributed by atoms with E-state index in [2.05, 4.69) is 36.9 Å². The number of fused-ring (bicyclic) bond motifs is 2. The van der Waals surface area contributed by atoms with Crippen molar-refractivity contribution >= 4 is 66.0 Å². The number of ether oxygens (including phenoxy) is 1. The maximum absolute atomic E-state index is 13.8. The number of aromatic hydroxyl groups is 1. The lowest BCUT2D eigenvalue weighted by molar-refractivity contribution is -0.139. The highest BCUT2D eigenvalue weighted by molar-refractivity contribution is 9.11. The molecule has 2 heterocycles. The molecule has 0 spiro atoms. The van der Waals surface area contributed by atoms with Gasteiger partial charge in [-0.25, -0.2) is 9.79 Å². The minimum Gasteiger partial charge on any atom is -0.506 e. The first-order valence-electron chi connectivity index (χ1n) is 11.2. The van der Waals surface area contributed by atoms with Gasteiger partial charge < -0.3 is 9.84 Å². The first-order chi connectivity index (χ1) is 17.3. The maximum Gasteiger partial charge on any atom is 0.338 e. The van der Waals surface area contributed by atoms with E-state index >= 15 is 0 Å². The number of thiazole rings is 1. The summed E-state index contributed by atoms with van der Waals surface area (Å²) in [6.07, 6.45) is 1.75. The molecule has 0 saturated heterocycles. The van der Waals surface area contributed by atoms with Gasteiger partial charge in [0, 0.05) is 0 Å². The van der Waals surface area contributed by atoms with Crippen molar-refractivity contribution in [3.8, 4) is 5.75 Å². The van der Waals surface area contributed by atoms with Gasteiger partial charge in [-0.3, -0.25) is 9.36 Å². The molecular formula is C27H20Br2N2O4S. The molecule has 3 aromatic carbocycles. The van der Waals surface area contributed by atoms with Crippen molar-refractivity contribution in [1.82, 2.24) is 4.57 Å². The third-order valence-electron chi connectivity index (χ3n) is 5.97. The lowest BCUT2D eigenvalue weighted by atomic mass is 9.91. The second kappa shape index (κ2) is 9.80. The van der Waals surface area contributed by atoms with Crippen LogP contribution in [0.3, 0.4) is 0 Å². The molecule has 6 nitrogen and oxygen atoms in total. The number of hydrogen-bond donors (Lipinski definition) is 1. The normalized spacial score (nSPS) is 15.7. The Hall–Kier alpha value is -3.01. The molecule has 182 valence electrons. The summed E-state index contributed by atoms with van der Waals surface area (Å²) in [5.41, 5.74) is 2.16. The van der Waals surface area contributed by atoms with E-state index in [0.29, 0.717) is 29.5 Å². The molecule has 0 radical (unpaired) electrons. The van der Waals surface area contributed by atoms with E-state index in [1.54, 1.807) is 36.6 Å². The van der Waals surface area contributed by atoms with Crippen molar-refractivity contribution in [2.24, 2.45) is 4.99 Å². The third-order valence-corrected chi connectivity index (χ3v) is 8.16. The Bertz CT molecular complexity index is 1730. The number of phenols is 1. The Morgan fingerprint density at radius 1 is 1.17 bits per heavy atom. The van der Waals surface area contributed by atoms with Gasteiger partial charge in [-0.2, -0.15) is 0 Å². The Morgan fingerprint density at radius 2 is 1.86 bits per heavy atom. The molecule has 1 aromatic heterocycles. The van der Waals surface area contributed by atoms with Crippen LogP contribution in [0.15, 0.2) is 84.6 Å². The summed E-state index contributed by atoms with van der Waals surface area (Å²) >= 11 is 7.93. The summed E-state index contributed by atoms with van der Waals surface area (Å²) in [6.45, 7) is 3.74. The van der Waals surface area contributed by atoms with Gasteiger partial charge in [0.05, 0.1) is 37.4 Å². The molecule has 5 rings (SSSR count). The highest BCUT2D eigenvalue weighted by Crippen LogP contribution is 2.35. The predicted molar refractivity (Wildman–Crippen MR) is 148 cm³/mol. The van der Waals surface area contributed by atoms with Crippen LogP contribution in [0.2, 0.25) is 0 Å². The van der Waals surface area contributed by atoms with Crippen molar-refractivity contribution < 1.29 is 14.6 Å². The van der Waals surface area contributed by atoms with Crippen LogP contribution in [0.4, 0.5) is 0 Å². The van der Waals surface area contributed by atoms with E-state index < -0.39 is 12.0 Å². The number of hydrogen-bond acceptors (Lipinski definition) is 6. The standard InChI is InChI=1S/C27H20Br2N2O4S/c1-3-35-26(34)22-14(2)30-27-31(23(22)18-10-6-8-16-7-4-5-9-17(16)18)25(33)21(36-27)13-15-11-19(28)24(32)20(29)12-15/h4-13,23,32H,3H2,1-2H3/b21-13+/t23-/m1/s1. The number of rotatable bonds is 4. The van der Waals surface area contributed by atoms with Gasteiger partial charge in [-0.15, -0.1) is 0 Å². The lowest BCUT2D eigenvalue weighted by Gasteiger charge is -2.25. The molecule has 4 aromatic rings. The van der Waals surface area contributed by atoms with Crippen LogP contribution in [0, 0.1) is 0 Å². The predicted octanol–water partition coefficient (Wildman–Crippen LogP) is 5.18. The number of halogens is 2. The highest BCUT2D eigenvalue weighted by atomic mass is 79.9. The summed E-state index contributed by atoms with van der Waals surface area (Å²) < 4.78 is 8.45. The van der Waals surface area contributed by atoms with Crippen molar-refractivity contribution in [3.05, 3.63) is 106 Å². The number of nitrogens with zero attached hydrogens (tertiary/aromatic N) is 2. The second-order valence-electron chi connectivity index (χ2n) is 8.20. The van der Waals surface area contributed by atoms with E-state index in [1.165, 1.54) is 11.3 Å². The zero-order valence-corrected chi connectivity index (χ0v) is 23.3. The molecule has 1 aliphatic rings. The molecule has 0 aliphatic carbocycles. The quantitative estimate of drug-likeness (QED) is 0.316. The number of aromatic nitrogens is 1. The van der Waals surface area contributed by atoms with Crippen molar-refractivity contribution in [2.45, 2.75) is 19.9 Å². The van der Waals surface area contributed by atoms with E-state index in [9.17, 15) is 14.7 Å². The maximum atomic E-state index is 13.8. The largest absolute Gasteiger partial charge is 0.506 e. The Labute approximate surface area is 227 Å². The zero-order chi connectivity index (χ0) is 25.6. The Morgan fingerprint density at radius 3 is 2.58 bits per heavy atom. The number of carbonyl (C=O) groups is 1. The molecule has 0 saturated carbocycles. The fraction of sp³-hybridized carbons (Fsp3) is 0.148. The third kappa shape index (κ3) is 4.25. The van der Waals surface area contributed by atoms with E-state index in [-0.39, 0.29) is 17.9 Å². The Kier molecular flexibility index (Phi) is 6.72. The van der Waals surface area contributed by atoms with E-state index in [4.69, 9.17) is 4.74 Å². The first kappa shape index (κ1) is 24.7. The van der Waals surface area contributed by atoms with Crippen molar-refractivity contribution in [1.29, 1.82) is 0 Å². The number of benzene rings is 3. The summed E-state index contributed by atoms with van der Waals surface area (Å²) in [7, 11) is 0. The molecule has 9 heteroatoms. The van der Waals surface area contributed by atoms with Crippen LogP contribution >= 0.6 is 43.2 Å². The molecule has 1 atom stereocenters. The number of allylic oxidation sites excluding steroid dienone is 1. The Balaban J connectivity index is 1.80. The van der Waals surface area contributed by atoms with Gasteiger partial charge >= 0.3 is 5.97 Å². The van der Waals surface area contributed by atoms with Crippen LogP contribution in [0.5, 0.6) is 5.75 Å². The number of carbonyl (C=O) groups excluding carboxylic acids is 1. The fourth-order valence-corrected chi connectivity index (χ4v) is 6.66. The van der Waals surface area contributed by atoms with Crippen LogP contribution in [-0.4, -0.2) is 22.2 Å².